The van der Waals surface area contributed by atoms with Gasteiger partial charge in [-0.1, -0.05) is 26.2 Å². The average Bonchev–Trinajstić information content (AvgIpc) is 2.20. The van der Waals surface area contributed by atoms with E-state index in [1.807, 2.05) is 0 Å². The van der Waals surface area contributed by atoms with E-state index < -0.39 is 36.6 Å². The zero-order valence-electron chi connectivity index (χ0n) is 9.61. The molecule has 0 aliphatic carbocycles. The number of carbonyl (C=O) groups is 1. The van der Waals surface area contributed by atoms with Gasteiger partial charge >= 0.3 is 12.4 Å². The van der Waals surface area contributed by atoms with Crippen molar-refractivity contribution in [1.82, 2.24) is 0 Å². The minimum atomic E-state index is -5.94. The molecule has 0 fully saturated rings. The number of rotatable bonds is 6. The average molecular weight is 280 g/mol. The first-order chi connectivity index (χ1) is 8.02. The number of aliphatic hydroxyl groups is 1. The van der Waals surface area contributed by atoms with E-state index >= 15 is 0 Å². The predicted octanol–water partition coefficient (Wildman–Crippen LogP) is 3.24. The Labute approximate surface area is 100.0 Å². The minimum absolute atomic E-state index is 0.00831. The molecule has 0 radical (unpaired) electrons. The molecule has 0 amide bonds. The van der Waals surface area contributed by atoms with Gasteiger partial charge in [0.05, 0.1) is 5.92 Å². The molecule has 18 heavy (non-hydrogen) atoms. The maximum absolute atomic E-state index is 12.4. The van der Waals surface area contributed by atoms with Gasteiger partial charge in [0.15, 0.2) is 0 Å². The number of hydrogen-bond acceptors (Lipinski definition) is 2. The van der Waals surface area contributed by atoms with E-state index in [-0.39, 0.29) is 6.42 Å². The molecular formula is C10H14F6O2. The van der Waals surface area contributed by atoms with Crippen LogP contribution in [-0.2, 0) is 4.79 Å². The molecule has 8 heteroatoms. The molecular weight excluding hydrogens is 266 g/mol. The Kier molecular flexibility index (Phi) is 5.64. The monoisotopic (exact) mass is 280 g/mol. The van der Waals surface area contributed by atoms with Crippen molar-refractivity contribution >= 4 is 6.29 Å². The highest BCUT2D eigenvalue weighted by molar-refractivity contribution is 5.56. The van der Waals surface area contributed by atoms with E-state index in [9.17, 15) is 31.1 Å². The van der Waals surface area contributed by atoms with Crippen molar-refractivity contribution in [2.24, 2.45) is 5.92 Å². The largest absolute Gasteiger partial charge is 0.426 e. The van der Waals surface area contributed by atoms with Crippen LogP contribution in [-0.4, -0.2) is 29.3 Å². The summed E-state index contributed by atoms with van der Waals surface area (Å²) in [6, 6.07) is 0. The van der Waals surface area contributed by atoms with Crippen LogP contribution in [0, 0.1) is 5.92 Å². The Balaban J connectivity index is 5.23. The maximum Gasteiger partial charge on any atom is 0.426 e. The fourth-order valence-electron chi connectivity index (χ4n) is 1.57. The van der Waals surface area contributed by atoms with E-state index in [2.05, 4.69) is 0 Å². The van der Waals surface area contributed by atoms with Crippen molar-refractivity contribution in [1.29, 1.82) is 0 Å². The lowest BCUT2D eigenvalue weighted by molar-refractivity contribution is -0.380. The third-order valence-corrected chi connectivity index (χ3v) is 2.68. The standard InChI is InChI=1S/C10H14F6O2/c1-2-3-4-5-7(6-17)8(18,9(11,12)13)10(14,15)16/h6-7,18H,2-5H2,1H3. The van der Waals surface area contributed by atoms with Gasteiger partial charge < -0.3 is 9.90 Å². The van der Waals surface area contributed by atoms with Gasteiger partial charge in [-0.05, 0) is 6.42 Å². The van der Waals surface area contributed by atoms with Crippen molar-refractivity contribution in [3.05, 3.63) is 0 Å². The first-order valence-corrected chi connectivity index (χ1v) is 5.33. The van der Waals surface area contributed by atoms with Crippen LogP contribution < -0.4 is 0 Å². The zero-order valence-corrected chi connectivity index (χ0v) is 9.61. The molecule has 0 heterocycles. The van der Waals surface area contributed by atoms with E-state index in [0.717, 1.165) is 0 Å². The van der Waals surface area contributed by atoms with Crippen molar-refractivity contribution in [2.45, 2.75) is 50.6 Å². The zero-order chi connectivity index (χ0) is 14.6. The van der Waals surface area contributed by atoms with Gasteiger partial charge in [0.1, 0.15) is 6.29 Å². The normalized spacial score (nSPS) is 15.6. The summed E-state index contributed by atoms with van der Waals surface area (Å²) in [7, 11) is 0. The fourth-order valence-corrected chi connectivity index (χ4v) is 1.57. The third-order valence-electron chi connectivity index (χ3n) is 2.68. The Hall–Kier alpha value is -0.790. The second-order valence-electron chi connectivity index (χ2n) is 4.00. The third kappa shape index (κ3) is 3.37. The van der Waals surface area contributed by atoms with Crippen LogP contribution in [0.1, 0.15) is 32.6 Å². The van der Waals surface area contributed by atoms with E-state index in [4.69, 9.17) is 5.11 Å². The van der Waals surface area contributed by atoms with Gasteiger partial charge in [0.2, 0.25) is 0 Å². The van der Waals surface area contributed by atoms with Crippen LogP contribution in [0.5, 0.6) is 0 Å². The molecule has 0 rings (SSSR count). The molecule has 2 nitrogen and oxygen atoms in total. The van der Waals surface area contributed by atoms with Gasteiger partial charge in [-0.15, -0.1) is 0 Å². The lowest BCUT2D eigenvalue weighted by atomic mass is 9.83. The van der Waals surface area contributed by atoms with Crippen LogP contribution >= 0.6 is 0 Å². The fraction of sp³-hybridized carbons (Fsp3) is 0.900. The number of aldehydes is 1. The predicted molar refractivity (Wildman–Crippen MR) is 50.8 cm³/mol. The van der Waals surface area contributed by atoms with Crippen molar-refractivity contribution in [2.75, 3.05) is 0 Å². The summed E-state index contributed by atoms with van der Waals surface area (Å²) in [4.78, 5) is 10.5. The second kappa shape index (κ2) is 5.90. The summed E-state index contributed by atoms with van der Waals surface area (Å²) < 4.78 is 74.5. The Morgan fingerprint density at radius 2 is 1.50 bits per heavy atom. The van der Waals surface area contributed by atoms with Crippen molar-refractivity contribution in [3.63, 3.8) is 0 Å². The van der Waals surface area contributed by atoms with Gasteiger partial charge in [0.25, 0.3) is 5.60 Å². The maximum atomic E-state index is 12.4. The van der Waals surface area contributed by atoms with Crippen LogP contribution in [0.4, 0.5) is 26.3 Å². The lowest BCUT2D eigenvalue weighted by Crippen LogP contribution is -2.62. The van der Waals surface area contributed by atoms with Gasteiger partial charge in [0, 0.05) is 0 Å². The highest BCUT2D eigenvalue weighted by Gasteiger charge is 2.73. The first kappa shape index (κ1) is 17.2. The van der Waals surface area contributed by atoms with Crippen LogP contribution in [0.3, 0.4) is 0 Å². The molecule has 1 N–H and O–H groups in total. The Morgan fingerprint density at radius 3 is 1.78 bits per heavy atom. The molecule has 0 spiro atoms. The molecule has 0 saturated heterocycles. The SMILES string of the molecule is CCCCCC(C=O)C(O)(C(F)(F)F)C(F)(F)F. The summed E-state index contributed by atoms with van der Waals surface area (Å²) >= 11 is 0. The summed E-state index contributed by atoms with van der Waals surface area (Å²) in [6.45, 7) is 1.70. The number of hydrogen-bond donors (Lipinski definition) is 1. The number of halogens is 6. The molecule has 0 saturated carbocycles. The van der Waals surface area contributed by atoms with Crippen molar-refractivity contribution < 1.29 is 36.2 Å². The molecule has 0 aromatic heterocycles. The summed E-state index contributed by atoms with van der Waals surface area (Å²) in [6.07, 6.45) is -12.1. The number of alkyl halides is 6. The van der Waals surface area contributed by atoms with Crippen LogP contribution in [0.2, 0.25) is 0 Å². The number of carbonyl (C=O) groups excluding carboxylic acids is 1. The van der Waals surface area contributed by atoms with Gasteiger partial charge in [-0.2, -0.15) is 26.3 Å². The smallest absolute Gasteiger partial charge is 0.373 e. The summed E-state index contributed by atoms with van der Waals surface area (Å²) in [5.41, 5.74) is -4.98. The van der Waals surface area contributed by atoms with Gasteiger partial charge in [-0.3, -0.25) is 0 Å². The molecule has 0 bridgehead atoms. The van der Waals surface area contributed by atoms with Crippen LogP contribution in [0.25, 0.3) is 0 Å². The lowest BCUT2D eigenvalue weighted by Gasteiger charge is -2.36. The van der Waals surface area contributed by atoms with Crippen LogP contribution in [0.15, 0.2) is 0 Å². The summed E-state index contributed by atoms with van der Waals surface area (Å²) in [5.74, 6) is -2.54. The van der Waals surface area contributed by atoms with E-state index in [0.29, 0.717) is 12.8 Å². The molecule has 1 unspecified atom stereocenters. The van der Waals surface area contributed by atoms with E-state index in [1.165, 1.54) is 0 Å². The molecule has 1 atom stereocenters. The Morgan fingerprint density at radius 1 is 1.06 bits per heavy atom. The number of unbranched alkanes of at least 4 members (excludes halogenated alkanes) is 2. The van der Waals surface area contributed by atoms with Gasteiger partial charge in [-0.25, -0.2) is 0 Å². The topological polar surface area (TPSA) is 37.3 Å². The van der Waals surface area contributed by atoms with Crippen molar-refractivity contribution in [3.8, 4) is 0 Å². The first-order valence-electron chi connectivity index (χ1n) is 5.33. The molecule has 0 aliphatic rings. The quantitative estimate of drug-likeness (QED) is 0.461. The molecule has 108 valence electrons. The minimum Gasteiger partial charge on any atom is -0.373 e. The highest BCUT2D eigenvalue weighted by Crippen LogP contribution is 2.48. The van der Waals surface area contributed by atoms with E-state index in [1.54, 1.807) is 6.92 Å². The Bertz CT molecular complexity index is 257. The molecule has 0 aliphatic heterocycles. The molecule has 0 aromatic carbocycles. The second-order valence-corrected chi connectivity index (χ2v) is 4.00. The summed E-state index contributed by atoms with van der Waals surface area (Å²) in [5, 5.41) is 8.96. The molecule has 0 aromatic rings. The highest BCUT2D eigenvalue weighted by atomic mass is 19.4.